The molecule has 146 valence electrons. The van der Waals surface area contributed by atoms with Crippen molar-refractivity contribution in [3.05, 3.63) is 47.2 Å². The zero-order valence-electron chi connectivity index (χ0n) is 15.0. The van der Waals surface area contributed by atoms with E-state index in [0.29, 0.717) is 17.6 Å². The van der Waals surface area contributed by atoms with E-state index in [4.69, 9.17) is 14.2 Å². The summed E-state index contributed by atoms with van der Waals surface area (Å²) in [7, 11) is 1.21. The van der Waals surface area contributed by atoms with Crippen LogP contribution in [0.1, 0.15) is 18.9 Å². The first-order chi connectivity index (χ1) is 12.9. The van der Waals surface area contributed by atoms with Crippen LogP contribution in [0, 0.1) is 5.92 Å². The number of aliphatic hydroxyl groups excluding tert-OH is 1. The molecule has 0 saturated carbocycles. The highest BCUT2D eigenvalue weighted by atomic mass is 16.6. The molecule has 2 rings (SSSR count). The number of hydrogen-bond acceptors (Lipinski definition) is 8. The third-order valence-corrected chi connectivity index (χ3v) is 4.21. The Morgan fingerprint density at radius 3 is 2.63 bits per heavy atom. The fraction of sp³-hybridized carbons (Fsp3) is 0.368. The number of methoxy groups -OCH3 is 1. The Kier molecular flexibility index (Phi) is 6.84. The topological polar surface area (TPSA) is 123 Å². The molecule has 0 fully saturated rings. The predicted molar refractivity (Wildman–Crippen MR) is 93.5 cm³/mol. The summed E-state index contributed by atoms with van der Waals surface area (Å²) < 4.78 is 14.9. The Labute approximate surface area is 156 Å². The number of phenols is 2. The molecule has 1 aromatic carbocycles. The van der Waals surface area contributed by atoms with Crippen molar-refractivity contribution in [3.63, 3.8) is 0 Å². The standard InChI is InChI=1S/C19H22O8/c1-3-12-13(14(18(23)25-2)10-27-19(12)24)9-17(22)26-7-6-11-4-5-15(20)16(21)8-11/h3-5,8,10,13,19-21,24H,6-7,9H2,1-2H3/b12-3+/t13-,19+/m0/s1. The second kappa shape index (κ2) is 9.09. The number of carbonyl (C=O) groups excluding carboxylic acids is 2. The number of carbonyl (C=O) groups is 2. The lowest BCUT2D eigenvalue weighted by atomic mass is 9.86. The zero-order chi connectivity index (χ0) is 20.0. The van der Waals surface area contributed by atoms with Crippen molar-refractivity contribution < 1.29 is 39.1 Å². The van der Waals surface area contributed by atoms with Crippen LogP contribution in [0.5, 0.6) is 11.5 Å². The summed E-state index contributed by atoms with van der Waals surface area (Å²) in [6, 6.07) is 4.34. The minimum absolute atomic E-state index is 0.0528. The third-order valence-electron chi connectivity index (χ3n) is 4.21. The number of benzene rings is 1. The van der Waals surface area contributed by atoms with Gasteiger partial charge in [-0.25, -0.2) is 4.79 Å². The molecule has 1 aliphatic heterocycles. The van der Waals surface area contributed by atoms with Crippen LogP contribution < -0.4 is 0 Å². The van der Waals surface area contributed by atoms with Crippen LogP contribution in [0.25, 0.3) is 0 Å². The van der Waals surface area contributed by atoms with E-state index in [1.807, 2.05) is 0 Å². The average molecular weight is 378 g/mol. The van der Waals surface area contributed by atoms with Gasteiger partial charge in [-0.2, -0.15) is 0 Å². The lowest BCUT2D eigenvalue weighted by Gasteiger charge is -2.28. The maximum Gasteiger partial charge on any atom is 0.337 e. The minimum atomic E-state index is -1.25. The Balaban J connectivity index is 1.99. The summed E-state index contributed by atoms with van der Waals surface area (Å²) in [6.45, 7) is 1.72. The number of esters is 2. The molecule has 0 spiro atoms. The lowest BCUT2D eigenvalue weighted by Crippen LogP contribution is -2.31. The number of aromatic hydroxyl groups is 2. The van der Waals surface area contributed by atoms with E-state index >= 15 is 0 Å². The molecule has 0 amide bonds. The first-order valence-corrected chi connectivity index (χ1v) is 8.31. The van der Waals surface area contributed by atoms with Gasteiger partial charge in [0.2, 0.25) is 6.29 Å². The van der Waals surface area contributed by atoms with Gasteiger partial charge < -0.3 is 29.5 Å². The van der Waals surface area contributed by atoms with Crippen LogP contribution in [0.15, 0.2) is 41.7 Å². The van der Waals surface area contributed by atoms with Gasteiger partial charge >= 0.3 is 11.9 Å². The average Bonchev–Trinajstić information content (AvgIpc) is 2.64. The number of aliphatic hydroxyl groups is 1. The lowest BCUT2D eigenvalue weighted by molar-refractivity contribution is -0.145. The molecule has 1 aliphatic rings. The van der Waals surface area contributed by atoms with E-state index in [1.54, 1.807) is 19.1 Å². The summed E-state index contributed by atoms with van der Waals surface area (Å²) >= 11 is 0. The summed E-state index contributed by atoms with van der Waals surface area (Å²) in [4.78, 5) is 24.1. The molecule has 0 unspecified atom stereocenters. The molecule has 0 bridgehead atoms. The monoisotopic (exact) mass is 378 g/mol. The molecular weight excluding hydrogens is 356 g/mol. The van der Waals surface area contributed by atoms with Gasteiger partial charge in [0, 0.05) is 17.9 Å². The highest BCUT2D eigenvalue weighted by molar-refractivity contribution is 5.90. The van der Waals surface area contributed by atoms with Crippen molar-refractivity contribution in [1.29, 1.82) is 0 Å². The highest BCUT2D eigenvalue weighted by Crippen LogP contribution is 2.33. The maximum absolute atomic E-state index is 12.2. The molecular formula is C19H22O8. The Hall–Kier alpha value is -3.00. The molecule has 1 heterocycles. The maximum atomic E-state index is 12.2. The van der Waals surface area contributed by atoms with E-state index in [9.17, 15) is 24.9 Å². The van der Waals surface area contributed by atoms with E-state index < -0.39 is 24.1 Å². The van der Waals surface area contributed by atoms with Gasteiger partial charge in [-0.05, 0) is 24.6 Å². The zero-order valence-corrected chi connectivity index (χ0v) is 15.0. The Bertz CT molecular complexity index is 765. The first kappa shape index (κ1) is 20.3. The van der Waals surface area contributed by atoms with Crippen LogP contribution in [0.4, 0.5) is 0 Å². The van der Waals surface area contributed by atoms with Crippen molar-refractivity contribution in [3.8, 4) is 11.5 Å². The number of allylic oxidation sites excluding steroid dienone is 1. The summed E-state index contributed by atoms with van der Waals surface area (Å²) in [5.41, 5.74) is 1.18. The second-order valence-corrected chi connectivity index (χ2v) is 5.89. The summed E-state index contributed by atoms with van der Waals surface area (Å²) in [5, 5.41) is 28.7. The summed E-state index contributed by atoms with van der Waals surface area (Å²) in [5.74, 6) is -2.41. The van der Waals surface area contributed by atoms with Crippen LogP contribution in [0.2, 0.25) is 0 Å². The number of rotatable bonds is 6. The van der Waals surface area contributed by atoms with Gasteiger partial charge in [0.05, 0.1) is 32.0 Å². The molecule has 8 nitrogen and oxygen atoms in total. The normalized spacial score (nSPS) is 20.6. The van der Waals surface area contributed by atoms with Gasteiger partial charge in [0.25, 0.3) is 0 Å². The smallest absolute Gasteiger partial charge is 0.337 e. The second-order valence-electron chi connectivity index (χ2n) is 5.89. The molecule has 8 heteroatoms. The van der Waals surface area contributed by atoms with Gasteiger partial charge in [-0.3, -0.25) is 4.79 Å². The number of phenolic OH excluding ortho intramolecular Hbond substituents is 2. The fourth-order valence-electron chi connectivity index (χ4n) is 2.76. The molecule has 0 saturated heterocycles. The number of hydrogen-bond donors (Lipinski definition) is 3. The Morgan fingerprint density at radius 1 is 1.26 bits per heavy atom. The fourth-order valence-corrected chi connectivity index (χ4v) is 2.76. The summed E-state index contributed by atoms with van der Waals surface area (Å²) in [6.07, 6.45) is 1.60. The van der Waals surface area contributed by atoms with E-state index in [-0.39, 0.29) is 30.1 Å². The van der Waals surface area contributed by atoms with Crippen molar-refractivity contribution >= 4 is 11.9 Å². The Morgan fingerprint density at radius 2 is 2.00 bits per heavy atom. The van der Waals surface area contributed by atoms with Gasteiger partial charge in [-0.1, -0.05) is 12.1 Å². The van der Waals surface area contributed by atoms with Crippen molar-refractivity contribution in [2.24, 2.45) is 5.92 Å². The molecule has 1 aromatic rings. The molecule has 3 N–H and O–H groups in total. The van der Waals surface area contributed by atoms with Crippen LogP contribution >= 0.6 is 0 Å². The number of ether oxygens (including phenoxy) is 3. The molecule has 27 heavy (non-hydrogen) atoms. The predicted octanol–water partition coefficient (Wildman–Crippen LogP) is 1.54. The van der Waals surface area contributed by atoms with Crippen LogP contribution in [0.3, 0.4) is 0 Å². The van der Waals surface area contributed by atoms with Gasteiger partial charge in [0.15, 0.2) is 11.5 Å². The van der Waals surface area contributed by atoms with Crippen molar-refractivity contribution in [2.75, 3.05) is 13.7 Å². The molecule has 0 aromatic heterocycles. The van der Waals surface area contributed by atoms with Crippen LogP contribution in [-0.2, 0) is 30.2 Å². The van der Waals surface area contributed by atoms with Gasteiger partial charge in [0.1, 0.15) is 0 Å². The SMILES string of the molecule is C/C=C1/[C@H](O)OC=C(C(=O)OC)[C@H]1CC(=O)OCCc1ccc(O)c(O)c1. The first-order valence-electron chi connectivity index (χ1n) is 8.31. The largest absolute Gasteiger partial charge is 0.504 e. The van der Waals surface area contributed by atoms with E-state index in [1.165, 1.54) is 19.2 Å². The van der Waals surface area contributed by atoms with Gasteiger partial charge in [-0.15, -0.1) is 0 Å². The molecule has 2 atom stereocenters. The quantitative estimate of drug-likeness (QED) is 0.387. The molecule has 0 radical (unpaired) electrons. The van der Waals surface area contributed by atoms with E-state index in [0.717, 1.165) is 6.26 Å². The highest BCUT2D eigenvalue weighted by Gasteiger charge is 2.35. The third kappa shape index (κ3) is 5.01. The molecule has 0 aliphatic carbocycles. The van der Waals surface area contributed by atoms with Crippen LogP contribution in [-0.4, -0.2) is 47.3 Å². The van der Waals surface area contributed by atoms with Crippen molar-refractivity contribution in [1.82, 2.24) is 0 Å². The van der Waals surface area contributed by atoms with Crippen molar-refractivity contribution in [2.45, 2.75) is 26.1 Å². The minimum Gasteiger partial charge on any atom is -0.504 e. The van der Waals surface area contributed by atoms with E-state index in [2.05, 4.69) is 0 Å².